The van der Waals surface area contributed by atoms with E-state index in [9.17, 15) is 13.6 Å². The summed E-state index contributed by atoms with van der Waals surface area (Å²) in [7, 11) is 0. The van der Waals surface area contributed by atoms with Crippen molar-refractivity contribution in [2.24, 2.45) is 0 Å². The molecule has 3 rings (SSSR count). The highest BCUT2D eigenvalue weighted by atomic mass is 32.2. The lowest BCUT2D eigenvalue weighted by Gasteiger charge is -2.33. The Labute approximate surface area is 137 Å². The molecule has 124 valence electrons. The van der Waals surface area contributed by atoms with E-state index in [1.807, 2.05) is 11.8 Å². The van der Waals surface area contributed by atoms with Gasteiger partial charge in [-0.2, -0.15) is 8.78 Å². The number of carbonyl (C=O) groups is 1. The van der Waals surface area contributed by atoms with Crippen LogP contribution in [-0.2, 0) is 4.79 Å². The lowest BCUT2D eigenvalue weighted by molar-refractivity contribution is -0.131. The highest BCUT2D eigenvalue weighted by molar-refractivity contribution is 7.99. The fraction of sp³-hybridized carbons (Fsp3) is 0.500. The van der Waals surface area contributed by atoms with Crippen molar-refractivity contribution in [3.8, 4) is 0 Å². The van der Waals surface area contributed by atoms with Gasteiger partial charge in [0, 0.05) is 12.6 Å². The molecule has 1 amide bonds. The molecule has 1 aliphatic rings. The molecule has 1 aliphatic heterocycles. The van der Waals surface area contributed by atoms with E-state index in [-0.39, 0.29) is 22.9 Å². The summed E-state index contributed by atoms with van der Waals surface area (Å²) in [5, 5.41) is 0.194. The summed E-state index contributed by atoms with van der Waals surface area (Å²) < 4.78 is 27.6. The number of imidazole rings is 1. The van der Waals surface area contributed by atoms with Gasteiger partial charge in [-0.3, -0.25) is 9.36 Å². The molecule has 1 fully saturated rings. The van der Waals surface area contributed by atoms with E-state index < -0.39 is 6.55 Å². The van der Waals surface area contributed by atoms with Crippen LogP contribution in [0.2, 0.25) is 0 Å². The number of thioether (sulfide) groups is 1. The van der Waals surface area contributed by atoms with Gasteiger partial charge in [0.1, 0.15) is 0 Å². The number of hydrogen-bond acceptors (Lipinski definition) is 3. The fourth-order valence-electron chi connectivity index (χ4n) is 2.99. The number of rotatable bonds is 4. The fourth-order valence-corrected chi connectivity index (χ4v) is 3.89. The number of alkyl halides is 2. The highest BCUT2D eigenvalue weighted by Gasteiger charge is 2.24. The van der Waals surface area contributed by atoms with Crippen LogP contribution in [0.1, 0.15) is 32.7 Å². The average Bonchev–Trinajstić information content (AvgIpc) is 2.91. The van der Waals surface area contributed by atoms with Crippen LogP contribution in [0.3, 0.4) is 0 Å². The normalized spacial score (nSPS) is 18.8. The molecule has 23 heavy (non-hydrogen) atoms. The second-order valence-corrected chi connectivity index (χ2v) is 6.69. The van der Waals surface area contributed by atoms with E-state index in [0.29, 0.717) is 11.0 Å². The van der Waals surface area contributed by atoms with Gasteiger partial charge >= 0.3 is 6.55 Å². The van der Waals surface area contributed by atoms with Gasteiger partial charge in [-0.15, -0.1) is 0 Å². The van der Waals surface area contributed by atoms with Crippen LogP contribution in [-0.4, -0.2) is 38.7 Å². The second-order valence-electron chi connectivity index (χ2n) is 5.75. The van der Waals surface area contributed by atoms with E-state index in [1.165, 1.54) is 0 Å². The third-order valence-corrected chi connectivity index (χ3v) is 5.14. The Balaban J connectivity index is 1.76. The van der Waals surface area contributed by atoms with Crippen molar-refractivity contribution in [2.75, 3.05) is 12.3 Å². The predicted octanol–water partition coefficient (Wildman–Crippen LogP) is 3.92. The second kappa shape index (κ2) is 6.86. The van der Waals surface area contributed by atoms with Crippen molar-refractivity contribution < 1.29 is 13.6 Å². The number of fused-ring (bicyclic) bond motifs is 1. The van der Waals surface area contributed by atoms with E-state index in [1.54, 1.807) is 24.3 Å². The largest absolute Gasteiger partial charge is 0.339 e. The van der Waals surface area contributed by atoms with Crippen molar-refractivity contribution in [3.63, 3.8) is 0 Å². The van der Waals surface area contributed by atoms with Gasteiger partial charge in [-0.1, -0.05) is 23.9 Å². The van der Waals surface area contributed by atoms with E-state index in [2.05, 4.69) is 4.98 Å². The number of likely N-dealkylation sites (tertiary alicyclic amines) is 1. The Morgan fingerprint density at radius 2 is 2.17 bits per heavy atom. The molecule has 1 saturated heterocycles. The van der Waals surface area contributed by atoms with E-state index in [0.717, 1.165) is 42.1 Å². The average molecular weight is 339 g/mol. The maximum absolute atomic E-state index is 13.3. The first kappa shape index (κ1) is 16.2. The Morgan fingerprint density at radius 3 is 2.91 bits per heavy atom. The van der Waals surface area contributed by atoms with E-state index >= 15 is 0 Å². The number of aromatic nitrogens is 2. The Bertz CT molecular complexity index is 704. The summed E-state index contributed by atoms with van der Waals surface area (Å²) >= 11 is 1.09. The zero-order valence-corrected chi connectivity index (χ0v) is 13.7. The summed E-state index contributed by atoms with van der Waals surface area (Å²) in [6.45, 7) is 0.121. The zero-order valence-electron chi connectivity index (χ0n) is 12.9. The summed E-state index contributed by atoms with van der Waals surface area (Å²) in [5.74, 6) is 0.135. The van der Waals surface area contributed by atoms with Crippen molar-refractivity contribution in [3.05, 3.63) is 24.3 Å². The van der Waals surface area contributed by atoms with Crippen LogP contribution in [0.25, 0.3) is 11.0 Å². The molecule has 2 heterocycles. The molecule has 0 N–H and O–H groups in total. The quantitative estimate of drug-likeness (QED) is 0.792. The lowest BCUT2D eigenvalue weighted by atomic mass is 10.0. The molecular weight excluding hydrogens is 320 g/mol. The number of benzene rings is 1. The van der Waals surface area contributed by atoms with Crippen molar-refractivity contribution in [2.45, 2.75) is 43.9 Å². The third-order valence-electron chi connectivity index (χ3n) is 4.21. The van der Waals surface area contributed by atoms with Crippen molar-refractivity contribution in [1.82, 2.24) is 14.5 Å². The molecule has 0 bridgehead atoms. The summed E-state index contributed by atoms with van der Waals surface area (Å²) in [5.41, 5.74) is 0.915. The SMILES string of the molecule is CC1CCCCN1C(=O)CSc1nc2ccccc2n1C(F)F. The van der Waals surface area contributed by atoms with Crippen LogP contribution in [0.5, 0.6) is 0 Å². The maximum atomic E-state index is 13.3. The van der Waals surface area contributed by atoms with Crippen LogP contribution in [0.4, 0.5) is 8.78 Å². The molecule has 0 spiro atoms. The van der Waals surface area contributed by atoms with Crippen LogP contribution in [0.15, 0.2) is 29.4 Å². The van der Waals surface area contributed by atoms with Gasteiger partial charge in [0.15, 0.2) is 5.16 Å². The minimum Gasteiger partial charge on any atom is -0.339 e. The van der Waals surface area contributed by atoms with Gasteiger partial charge < -0.3 is 4.90 Å². The van der Waals surface area contributed by atoms with Crippen molar-refractivity contribution in [1.29, 1.82) is 0 Å². The highest BCUT2D eigenvalue weighted by Crippen LogP contribution is 2.29. The molecule has 0 radical (unpaired) electrons. The molecule has 0 saturated carbocycles. The van der Waals surface area contributed by atoms with Gasteiger partial charge in [-0.25, -0.2) is 4.98 Å². The van der Waals surface area contributed by atoms with Gasteiger partial charge in [0.25, 0.3) is 0 Å². The number of carbonyl (C=O) groups excluding carboxylic acids is 1. The molecule has 1 aromatic carbocycles. The number of halogens is 2. The van der Waals surface area contributed by atoms with Crippen LogP contribution in [0, 0.1) is 0 Å². The predicted molar refractivity (Wildman–Crippen MR) is 86.7 cm³/mol. The zero-order chi connectivity index (χ0) is 16.4. The summed E-state index contributed by atoms with van der Waals surface area (Å²) in [4.78, 5) is 18.5. The third kappa shape index (κ3) is 3.34. The Morgan fingerprint density at radius 1 is 1.39 bits per heavy atom. The Kier molecular flexibility index (Phi) is 4.84. The molecule has 1 aromatic heterocycles. The summed E-state index contributed by atoms with van der Waals surface area (Å²) in [6.07, 6.45) is 3.15. The Hall–Kier alpha value is -1.63. The first-order valence-electron chi connectivity index (χ1n) is 7.75. The first-order valence-corrected chi connectivity index (χ1v) is 8.74. The molecule has 4 nitrogen and oxygen atoms in total. The molecule has 2 aromatic rings. The summed E-state index contributed by atoms with van der Waals surface area (Å²) in [6, 6.07) is 7.02. The van der Waals surface area contributed by atoms with Gasteiger partial charge in [0.05, 0.1) is 16.8 Å². The lowest BCUT2D eigenvalue weighted by Crippen LogP contribution is -2.43. The van der Waals surface area contributed by atoms with E-state index in [4.69, 9.17) is 0 Å². The number of piperidine rings is 1. The number of hydrogen-bond donors (Lipinski definition) is 0. The molecule has 1 atom stereocenters. The standard InChI is InChI=1S/C16H19F2N3OS/c1-11-6-4-5-9-20(11)14(22)10-23-16-19-12-7-2-3-8-13(12)21(16)15(17)18/h2-3,7-8,11,15H,4-6,9-10H2,1H3. The van der Waals surface area contributed by atoms with Crippen LogP contribution < -0.4 is 0 Å². The molecular formula is C16H19F2N3OS. The maximum Gasteiger partial charge on any atom is 0.321 e. The molecule has 7 heteroatoms. The topological polar surface area (TPSA) is 38.1 Å². The smallest absolute Gasteiger partial charge is 0.321 e. The minimum absolute atomic E-state index is 0.00456. The monoisotopic (exact) mass is 339 g/mol. The van der Waals surface area contributed by atoms with Crippen LogP contribution >= 0.6 is 11.8 Å². The minimum atomic E-state index is -2.67. The number of para-hydroxylation sites is 2. The van der Waals surface area contributed by atoms with Crippen molar-refractivity contribution >= 4 is 28.7 Å². The first-order chi connectivity index (χ1) is 11.1. The number of nitrogens with zero attached hydrogens (tertiary/aromatic N) is 3. The van der Waals surface area contributed by atoms with Gasteiger partial charge in [-0.05, 0) is 38.3 Å². The molecule has 0 aliphatic carbocycles. The van der Waals surface area contributed by atoms with Gasteiger partial charge in [0.2, 0.25) is 5.91 Å². The molecule has 1 unspecified atom stereocenters. The number of amides is 1.